The van der Waals surface area contributed by atoms with Crippen molar-refractivity contribution in [1.29, 1.82) is 0 Å². The zero-order valence-corrected chi connectivity index (χ0v) is 5.48. The second kappa shape index (κ2) is 3.70. The van der Waals surface area contributed by atoms with Crippen LogP contribution in [0.3, 0.4) is 0 Å². The molecule has 0 heterocycles. The van der Waals surface area contributed by atoms with Crippen LogP contribution in [-0.4, -0.2) is 13.5 Å². The van der Waals surface area contributed by atoms with Gasteiger partial charge in [-0.3, -0.25) is 0 Å². The second-order valence-corrected chi connectivity index (χ2v) is 2.18. The Kier molecular flexibility index (Phi) is 3.58. The molecule has 0 aliphatic carbocycles. The summed E-state index contributed by atoms with van der Waals surface area (Å²) in [7, 11) is 4.93. The normalized spacial score (nSPS) is 13.2. The molecule has 0 aromatic carbocycles. The minimum Gasteiger partial charge on any atom is -0.313 e. The minimum absolute atomic E-state index is 0.195. The first kappa shape index (κ1) is 7.73. The van der Waals surface area contributed by atoms with E-state index < -0.39 is 0 Å². The average molecular weight is 110 g/mol. The van der Waals surface area contributed by atoms with E-state index >= 15 is 0 Å². The Morgan fingerprint density at radius 1 is 1.75 bits per heavy atom. The summed E-state index contributed by atoms with van der Waals surface area (Å²) in [5.41, 5.74) is -0.195. The molecule has 0 saturated carbocycles. The average Bonchev–Trinajstić information content (AvgIpc) is 1.65. The molecule has 0 rings (SSSR count). The van der Waals surface area contributed by atoms with Crippen LogP contribution in [-0.2, 0) is 4.79 Å². The predicted molar refractivity (Wildman–Crippen MR) is 34.8 cm³/mol. The fourth-order valence-electron chi connectivity index (χ4n) is 0.488. The van der Waals surface area contributed by atoms with Crippen molar-refractivity contribution in [3.63, 3.8) is 0 Å². The number of carbonyl (C=O) groups is 1. The molecule has 0 fully saturated rings. The maximum atomic E-state index is 10.2. The molecule has 44 valence electrons. The molecule has 8 heavy (non-hydrogen) atoms. The lowest BCUT2D eigenvalue weighted by atomic mass is 9.91. The van der Waals surface area contributed by atoms with Gasteiger partial charge in [0.15, 0.2) is 7.85 Å². The van der Waals surface area contributed by atoms with Crippen LogP contribution < -0.4 is 0 Å². The highest BCUT2D eigenvalue weighted by Gasteiger charge is 1.99. The summed E-state index contributed by atoms with van der Waals surface area (Å²) in [6.45, 7) is 4.07. The molecule has 0 N–H and O–H groups in total. The lowest BCUT2D eigenvalue weighted by Gasteiger charge is -2.02. The Morgan fingerprint density at radius 2 is 2.25 bits per heavy atom. The maximum Gasteiger partial charge on any atom is 0.167 e. The van der Waals surface area contributed by atoms with Crippen LogP contribution in [0.5, 0.6) is 0 Å². The minimum atomic E-state index is -0.195. The molecule has 0 bridgehead atoms. The van der Waals surface area contributed by atoms with Crippen LogP contribution in [0.25, 0.3) is 0 Å². The van der Waals surface area contributed by atoms with Gasteiger partial charge in [0.25, 0.3) is 0 Å². The quantitative estimate of drug-likeness (QED) is 0.497. The Bertz CT molecular complexity index is 80.6. The number of hydrogen-bond acceptors (Lipinski definition) is 1. The molecule has 2 radical (unpaired) electrons. The summed E-state index contributed by atoms with van der Waals surface area (Å²) in [5, 5.41) is 0. The summed E-state index contributed by atoms with van der Waals surface area (Å²) in [6, 6.07) is 0. The largest absolute Gasteiger partial charge is 0.313 e. The predicted octanol–water partition coefficient (Wildman–Crippen LogP) is 1.12. The van der Waals surface area contributed by atoms with E-state index in [9.17, 15) is 4.79 Å². The van der Waals surface area contributed by atoms with Gasteiger partial charge in [-0.15, -0.1) is 0 Å². The van der Waals surface area contributed by atoms with Crippen molar-refractivity contribution >= 4 is 13.5 Å². The number of carbonyl (C=O) groups excluding carboxylic acids is 1. The highest BCUT2D eigenvalue weighted by molar-refractivity contribution is 6.57. The molecular formula is C6H11BO. The Balaban J connectivity index is 3.24. The van der Waals surface area contributed by atoms with Gasteiger partial charge in [0.2, 0.25) is 0 Å². The van der Waals surface area contributed by atoms with E-state index in [4.69, 9.17) is 7.85 Å². The van der Waals surface area contributed by atoms with E-state index in [2.05, 4.69) is 0 Å². The SMILES string of the molecule is [B]C(=O)CC(C)CC. The van der Waals surface area contributed by atoms with Crippen LogP contribution in [0.2, 0.25) is 0 Å². The number of rotatable bonds is 3. The molecular weight excluding hydrogens is 98.9 g/mol. The van der Waals surface area contributed by atoms with Crippen LogP contribution >= 0.6 is 0 Å². The summed E-state index contributed by atoms with van der Waals surface area (Å²) in [5.74, 6) is 0.451. The van der Waals surface area contributed by atoms with E-state index in [1.54, 1.807) is 0 Å². The third-order valence-electron chi connectivity index (χ3n) is 1.25. The summed E-state index contributed by atoms with van der Waals surface area (Å²) in [4.78, 5) is 10.2. The molecule has 1 atom stereocenters. The van der Waals surface area contributed by atoms with Gasteiger partial charge in [0.1, 0.15) is 0 Å². The molecule has 0 saturated heterocycles. The molecule has 2 heteroatoms. The first-order valence-electron chi connectivity index (χ1n) is 2.95. The smallest absolute Gasteiger partial charge is 0.167 e. The third kappa shape index (κ3) is 3.91. The molecule has 0 aliphatic rings. The Hall–Kier alpha value is -0.265. The van der Waals surface area contributed by atoms with E-state index in [0.29, 0.717) is 12.3 Å². The van der Waals surface area contributed by atoms with Crippen molar-refractivity contribution < 1.29 is 4.79 Å². The summed E-state index contributed by atoms with van der Waals surface area (Å²) in [6.07, 6.45) is 1.56. The Labute approximate surface area is 51.9 Å². The van der Waals surface area contributed by atoms with Gasteiger partial charge in [-0.2, -0.15) is 0 Å². The van der Waals surface area contributed by atoms with Crippen molar-refractivity contribution in [1.82, 2.24) is 0 Å². The molecule has 0 aliphatic heterocycles. The fourth-order valence-corrected chi connectivity index (χ4v) is 0.488. The van der Waals surface area contributed by atoms with Crippen LogP contribution in [0.4, 0.5) is 0 Å². The number of hydrogen-bond donors (Lipinski definition) is 0. The summed E-state index contributed by atoms with van der Waals surface area (Å²) < 4.78 is 0. The van der Waals surface area contributed by atoms with Gasteiger partial charge in [-0.1, -0.05) is 20.3 Å². The van der Waals surface area contributed by atoms with Crippen molar-refractivity contribution in [3.8, 4) is 0 Å². The lowest BCUT2D eigenvalue weighted by molar-refractivity contribution is -0.112. The lowest BCUT2D eigenvalue weighted by Crippen LogP contribution is -2.02. The van der Waals surface area contributed by atoms with Gasteiger partial charge < -0.3 is 4.79 Å². The van der Waals surface area contributed by atoms with E-state index in [0.717, 1.165) is 6.42 Å². The third-order valence-corrected chi connectivity index (χ3v) is 1.25. The van der Waals surface area contributed by atoms with Crippen LogP contribution in [0.15, 0.2) is 0 Å². The summed E-state index contributed by atoms with van der Waals surface area (Å²) >= 11 is 0. The highest BCUT2D eigenvalue weighted by atomic mass is 16.1. The van der Waals surface area contributed by atoms with E-state index in [1.807, 2.05) is 13.8 Å². The topological polar surface area (TPSA) is 17.1 Å². The first-order chi connectivity index (χ1) is 3.66. The molecule has 0 amide bonds. The fraction of sp³-hybridized carbons (Fsp3) is 0.833. The highest BCUT2D eigenvalue weighted by Crippen LogP contribution is 2.04. The van der Waals surface area contributed by atoms with E-state index in [-0.39, 0.29) is 5.68 Å². The zero-order chi connectivity index (χ0) is 6.57. The van der Waals surface area contributed by atoms with Crippen LogP contribution in [0, 0.1) is 5.92 Å². The molecule has 0 aromatic rings. The maximum absolute atomic E-state index is 10.2. The van der Waals surface area contributed by atoms with Crippen molar-refractivity contribution in [3.05, 3.63) is 0 Å². The van der Waals surface area contributed by atoms with Crippen LogP contribution in [0.1, 0.15) is 26.7 Å². The van der Waals surface area contributed by atoms with Gasteiger partial charge in [-0.05, 0) is 12.3 Å². The second-order valence-electron chi connectivity index (χ2n) is 2.18. The monoisotopic (exact) mass is 110 g/mol. The molecule has 0 spiro atoms. The molecule has 1 nitrogen and oxygen atoms in total. The van der Waals surface area contributed by atoms with Gasteiger partial charge >= 0.3 is 0 Å². The van der Waals surface area contributed by atoms with Gasteiger partial charge in [0.05, 0.1) is 5.68 Å². The van der Waals surface area contributed by atoms with Crippen molar-refractivity contribution in [2.45, 2.75) is 26.7 Å². The van der Waals surface area contributed by atoms with Crippen molar-refractivity contribution in [2.75, 3.05) is 0 Å². The zero-order valence-electron chi connectivity index (χ0n) is 5.48. The van der Waals surface area contributed by atoms with Gasteiger partial charge in [0, 0.05) is 0 Å². The van der Waals surface area contributed by atoms with E-state index in [1.165, 1.54) is 0 Å². The van der Waals surface area contributed by atoms with Gasteiger partial charge in [-0.25, -0.2) is 0 Å². The molecule has 1 unspecified atom stereocenters. The molecule has 0 aromatic heterocycles. The standard InChI is InChI=1S/C6H11BO/c1-3-5(2)4-6(7)8/h5H,3-4H2,1-2H3. The Morgan fingerprint density at radius 3 is 2.38 bits per heavy atom. The van der Waals surface area contributed by atoms with Crippen molar-refractivity contribution in [2.24, 2.45) is 5.92 Å². The first-order valence-corrected chi connectivity index (χ1v) is 2.95.